The SMILES string of the molecule is CSc1sc(C(=N)N)cc1[S+]([O-])c1cccc(-c2cc(CO)ccc2C)c1. The van der Waals surface area contributed by atoms with E-state index < -0.39 is 11.2 Å². The van der Waals surface area contributed by atoms with Crippen LogP contribution in [-0.2, 0) is 17.8 Å². The number of amidine groups is 1. The Hall–Kier alpha value is -1.77. The summed E-state index contributed by atoms with van der Waals surface area (Å²) in [6, 6.07) is 15.2. The van der Waals surface area contributed by atoms with Gasteiger partial charge in [-0.2, -0.15) is 0 Å². The minimum Gasteiger partial charge on any atom is -0.606 e. The second kappa shape index (κ2) is 8.50. The zero-order chi connectivity index (χ0) is 19.6. The van der Waals surface area contributed by atoms with Gasteiger partial charge in [-0.25, -0.2) is 0 Å². The van der Waals surface area contributed by atoms with Gasteiger partial charge in [-0.1, -0.05) is 24.3 Å². The number of nitrogens with one attached hydrogen (secondary N) is 1. The highest BCUT2D eigenvalue weighted by Crippen LogP contribution is 2.37. The fraction of sp³-hybridized carbons (Fsp3) is 0.150. The first-order valence-electron chi connectivity index (χ1n) is 8.19. The number of aliphatic hydroxyl groups is 1. The second-order valence-corrected chi connectivity index (χ2v) is 9.56. The number of rotatable bonds is 6. The van der Waals surface area contributed by atoms with E-state index in [0.29, 0.717) is 14.7 Å². The number of thioether (sulfide) groups is 1. The second-order valence-electron chi connectivity index (χ2n) is 5.98. The molecule has 0 amide bonds. The van der Waals surface area contributed by atoms with E-state index in [0.717, 1.165) is 26.5 Å². The number of thiophene rings is 1. The van der Waals surface area contributed by atoms with E-state index in [-0.39, 0.29) is 12.4 Å². The predicted molar refractivity (Wildman–Crippen MR) is 114 cm³/mol. The molecule has 0 aliphatic heterocycles. The van der Waals surface area contributed by atoms with Crippen molar-refractivity contribution in [3.8, 4) is 11.1 Å². The molecule has 0 saturated heterocycles. The van der Waals surface area contributed by atoms with Crippen LogP contribution in [0.4, 0.5) is 0 Å². The van der Waals surface area contributed by atoms with Gasteiger partial charge in [0.15, 0.2) is 9.79 Å². The number of nitrogen functional groups attached to an aromatic ring is 1. The monoisotopic (exact) mass is 416 g/mol. The van der Waals surface area contributed by atoms with Crippen LogP contribution in [0.2, 0.25) is 0 Å². The summed E-state index contributed by atoms with van der Waals surface area (Å²) >= 11 is 1.54. The number of hydrogen-bond donors (Lipinski definition) is 3. The van der Waals surface area contributed by atoms with Crippen molar-refractivity contribution in [2.24, 2.45) is 5.73 Å². The van der Waals surface area contributed by atoms with Crippen molar-refractivity contribution in [1.29, 1.82) is 5.41 Å². The molecule has 0 spiro atoms. The van der Waals surface area contributed by atoms with Gasteiger partial charge in [-0.3, -0.25) is 5.41 Å². The molecule has 4 nitrogen and oxygen atoms in total. The maximum atomic E-state index is 13.2. The Labute approximate surface area is 170 Å². The van der Waals surface area contributed by atoms with Gasteiger partial charge in [0.1, 0.15) is 10.0 Å². The topological polar surface area (TPSA) is 93.2 Å². The lowest BCUT2D eigenvalue weighted by atomic mass is 9.98. The van der Waals surface area contributed by atoms with Crippen molar-refractivity contribution >= 4 is 40.1 Å². The van der Waals surface area contributed by atoms with E-state index in [2.05, 4.69) is 0 Å². The number of benzene rings is 2. The normalized spacial score (nSPS) is 12.1. The van der Waals surface area contributed by atoms with Gasteiger partial charge < -0.3 is 15.4 Å². The smallest absolute Gasteiger partial charge is 0.183 e. The molecule has 2 aromatic carbocycles. The summed E-state index contributed by atoms with van der Waals surface area (Å²) in [7, 11) is 0. The molecule has 7 heteroatoms. The lowest BCUT2D eigenvalue weighted by molar-refractivity contribution is 0.282. The van der Waals surface area contributed by atoms with E-state index >= 15 is 0 Å². The summed E-state index contributed by atoms with van der Waals surface area (Å²) in [5.41, 5.74) is 9.51. The summed E-state index contributed by atoms with van der Waals surface area (Å²) in [5, 5.41) is 17.1. The third-order valence-electron chi connectivity index (χ3n) is 4.16. The van der Waals surface area contributed by atoms with Gasteiger partial charge in [0.25, 0.3) is 0 Å². The molecule has 1 unspecified atom stereocenters. The molecule has 0 radical (unpaired) electrons. The number of aryl methyl sites for hydroxylation is 1. The van der Waals surface area contributed by atoms with Gasteiger partial charge >= 0.3 is 0 Å². The number of hydrogen-bond acceptors (Lipinski definition) is 5. The van der Waals surface area contributed by atoms with Crippen LogP contribution in [0.25, 0.3) is 11.1 Å². The van der Waals surface area contributed by atoms with Crippen LogP contribution in [0.15, 0.2) is 62.5 Å². The third kappa shape index (κ3) is 4.23. The van der Waals surface area contributed by atoms with Crippen LogP contribution < -0.4 is 5.73 Å². The molecule has 0 aliphatic rings. The van der Waals surface area contributed by atoms with Gasteiger partial charge in [0.05, 0.1) is 11.5 Å². The Kier molecular flexibility index (Phi) is 6.29. The zero-order valence-electron chi connectivity index (χ0n) is 15.0. The first kappa shape index (κ1) is 20.0. The Morgan fingerprint density at radius 2 is 2.04 bits per heavy atom. The number of nitrogens with two attached hydrogens (primary N) is 1. The van der Waals surface area contributed by atoms with Crippen LogP contribution >= 0.6 is 23.1 Å². The Morgan fingerprint density at radius 1 is 1.26 bits per heavy atom. The Bertz CT molecular complexity index is 985. The van der Waals surface area contributed by atoms with Crippen LogP contribution in [-0.4, -0.2) is 21.8 Å². The highest BCUT2D eigenvalue weighted by molar-refractivity contribution is 8.01. The molecule has 140 valence electrons. The Balaban J connectivity index is 2.02. The summed E-state index contributed by atoms with van der Waals surface area (Å²) in [4.78, 5) is 2.02. The molecule has 1 aromatic heterocycles. The molecule has 4 N–H and O–H groups in total. The van der Waals surface area contributed by atoms with E-state index in [4.69, 9.17) is 11.1 Å². The first-order chi connectivity index (χ1) is 12.9. The van der Waals surface area contributed by atoms with Crippen LogP contribution in [0.3, 0.4) is 0 Å². The van der Waals surface area contributed by atoms with Crippen LogP contribution in [0.5, 0.6) is 0 Å². The van der Waals surface area contributed by atoms with Crippen molar-refractivity contribution in [3.05, 3.63) is 64.5 Å². The van der Waals surface area contributed by atoms with E-state index in [1.807, 2.05) is 55.6 Å². The fourth-order valence-electron chi connectivity index (χ4n) is 2.75. The van der Waals surface area contributed by atoms with Crippen LogP contribution in [0, 0.1) is 12.3 Å². The average Bonchev–Trinajstić information content (AvgIpc) is 3.12. The van der Waals surface area contributed by atoms with E-state index in [9.17, 15) is 9.66 Å². The highest BCUT2D eigenvalue weighted by atomic mass is 32.2. The van der Waals surface area contributed by atoms with Gasteiger partial charge in [0, 0.05) is 23.3 Å². The molecule has 0 aliphatic carbocycles. The lowest BCUT2D eigenvalue weighted by Crippen LogP contribution is -2.08. The maximum Gasteiger partial charge on any atom is 0.183 e. The van der Waals surface area contributed by atoms with E-state index in [1.54, 1.807) is 6.07 Å². The Morgan fingerprint density at radius 3 is 2.70 bits per heavy atom. The molecule has 3 aromatic rings. The highest BCUT2D eigenvalue weighted by Gasteiger charge is 2.24. The minimum absolute atomic E-state index is 0.0104. The zero-order valence-corrected chi connectivity index (χ0v) is 17.4. The summed E-state index contributed by atoms with van der Waals surface area (Å²) in [6.07, 6.45) is 1.93. The summed E-state index contributed by atoms with van der Waals surface area (Å²) < 4.78 is 14.1. The molecular weight excluding hydrogens is 396 g/mol. The standard InChI is InChI=1S/C20H20N2O2S3/c1-12-6-7-13(11-23)8-16(12)14-4-3-5-15(9-14)27(24)18-10-17(19(21)22)26-20(18)25-2/h3-10,23H,11H2,1-2H3,(H3,21,22). The van der Waals surface area contributed by atoms with Crippen molar-refractivity contribution in [2.75, 3.05) is 6.26 Å². The average molecular weight is 417 g/mol. The summed E-state index contributed by atoms with van der Waals surface area (Å²) in [5.74, 6) is -0.0104. The molecule has 1 atom stereocenters. The molecule has 0 saturated carbocycles. The molecule has 0 fully saturated rings. The molecule has 1 heterocycles. The van der Waals surface area contributed by atoms with E-state index in [1.165, 1.54) is 23.1 Å². The molecular formula is C20H20N2O2S3. The minimum atomic E-state index is -1.36. The van der Waals surface area contributed by atoms with Gasteiger partial charge in [0.2, 0.25) is 0 Å². The van der Waals surface area contributed by atoms with Crippen molar-refractivity contribution in [3.63, 3.8) is 0 Å². The summed E-state index contributed by atoms with van der Waals surface area (Å²) in [6.45, 7) is 2.00. The van der Waals surface area contributed by atoms with Gasteiger partial charge in [-0.15, -0.1) is 23.1 Å². The van der Waals surface area contributed by atoms with Crippen molar-refractivity contribution in [2.45, 2.75) is 27.5 Å². The van der Waals surface area contributed by atoms with Crippen molar-refractivity contribution < 1.29 is 9.66 Å². The van der Waals surface area contributed by atoms with Crippen molar-refractivity contribution in [1.82, 2.24) is 0 Å². The largest absolute Gasteiger partial charge is 0.606 e. The first-order valence-corrected chi connectivity index (χ1v) is 11.4. The third-order valence-corrected chi connectivity index (χ3v) is 8.13. The molecule has 3 rings (SSSR count). The maximum absolute atomic E-state index is 13.2. The molecule has 0 bridgehead atoms. The quantitative estimate of drug-likeness (QED) is 0.240. The van der Waals surface area contributed by atoms with Gasteiger partial charge in [-0.05, 0) is 47.6 Å². The molecule has 27 heavy (non-hydrogen) atoms. The fourth-order valence-corrected chi connectivity index (χ4v) is 6.23. The van der Waals surface area contributed by atoms with Crippen LogP contribution in [0.1, 0.15) is 16.0 Å². The number of aliphatic hydroxyl groups excluding tert-OH is 1. The lowest BCUT2D eigenvalue weighted by Gasteiger charge is -2.13. The predicted octanol–water partition coefficient (Wildman–Crippen LogP) is 4.39.